The van der Waals surface area contributed by atoms with Gasteiger partial charge in [-0.2, -0.15) is 0 Å². The first kappa shape index (κ1) is 23.4. The molecular weight excluding hydrogens is 441 g/mol. The van der Waals surface area contributed by atoms with Gasteiger partial charge in [-0.15, -0.1) is 0 Å². The number of nitrogens with one attached hydrogen (secondary N) is 2. The van der Waals surface area contributed by atoms with Crippen LogP contribution in [0.3, 0.4) is 0 Å². The fourth-order valence-electron chi connectivity index (χ4n) is 4.04. The van der Waals surface area contributed by atoms with E-state index in [1.807, 2.05) is 18.2 Å². The predicted molar refractivity (Wildman–Crippen MR) is 130 cm³/mol. The van der Waals surface area contributed by atoms with Crippen LogP contribution in [0.25, 0.3) is 11.3 Å². The number of nitrogens with zero attached hydrogens (tertiary/aromatic N) is 3. The Labute approximate surface area is 198 Å². The summed E-state index contributed by atoms with van der Waals surface area (Å²) in [4.78, 5) is 11.2. The molecule has 1 aromatic heterocycles. The van der Waals surface area contributed by atoms with E-state index in [4.69, 9.17) is 11.6 Å². The number of rotatable bonds is 7. The van der Waals surface area contributed by atoms with Crippen LogP contribution in [0.1, 0.15) is 25.0 Å². The SMILES string of the molecule is C[C@@H]1CN(Cc2ccc(F)c(-c3ccnc(NCCc4ccc(O)c(Cl)c4)n3)c2)[C@@H](C)CN1. The summed E-state index contributed by atoms with van der Waals surface area (Å²) in [5.74, 6) is 0.199. The zero-order valence-electron chi connectivity index (χ0n) is 18.9. The number of aromatic nitrogens is 2. The number of aromatic hydroxyl groups is 1. The highest BCUT2D eigenvalue weighted by Gasteiger charge is 2.22. The number of hydrogen-bond donors (Lipinski definition) is 3. The van der Waals surface area contributed by atoms with E-state index in [0.717, 1.165) is 30.8 Å². The summed E-state index contributed by atoms with van der Waals surface area (Å²) in [7, 11) is 0. The van der Waals surface area contributed by atoms with Crippen molar-refractivity contribution in [1.82, 2.24) is 20.2 Å². The largest absolute Gasteiger partial charge is 0.506 e. The van der Waals surface area contributed by atoms with E-state index in [9.17, 15) is 9.50 Å². The zero-order valence-corrected chi connectivity index (χ0v) is 19.6. The quantitative estimate of drug-likeness (QED) is 0.474. The Morgan fingerprint density at radius 2 is 2.00 bits per heavy atom. The van der Waals surface area contributed by atoms with Gasteiger partial charge in [-0.3, -0.25) is 4.90 Å². The normalized spacial score (nSPS) is 18.9. The number of piperazine rings is 1. The van der Waals surface area contributed by atoms with E-state index in [-0.39, 0.29) is 11.6 Å². The lowest BCUT2D eigenvalue weighted by molar-refractivity contribution is 0.139. The molecule has 1 saturated heterocycles. The van der Waals surface area contributed by atoms with Gasteiger partial charge < -0.3 is 15.7 Å². The molecule has 2 atom stereocenters. The molecule has 0 spiro atoms. The van der Waals surface area contributed by atoms with Gasteiger partial charge in [-0.05, 0) is 61.7 Å². The highest BCUT2D eigenvalue weighted by atomic mass is 35.5. The Hall–Kier alpha value is -2.74. The molecule has 0 aliphatic carbocycles. The van der Waals surface area contributed by atoms with Crippen LogP contribution in [0, 0.1) is 5.82 Å². The van der Waals surface area contributed by atoms with Crippen LogP contribution in [-0.4, -0.2) is 51.7 Å². The number of halogens is 2. The first-order valence-electron chi connectivity index (χ1n) is 11.2. The number of phenols is 1. The lowest BCUT2D eigenvalue weighted by atomic mass is 10.0. The Bertz CT molecular complexity index is 1110. The topological polar surface area (TPSA) is 73.3 Å². The summed E-state index contributed by atoms with van der Waals surface area (Å²) >= 11 is 5.97. The lowest BCUT2D eigenvalue weighted by Gasteiger charge is -2.37. The predicted octanol–water partition coefficient (Wildman–Crippen LogP) is 4.48. The van der Waals surface area contributed by atoms with Crippen molar-refractivity contribution >= 4 is 17.5 Å². The summed E-state index contributed by atoms with van der Waals surface area (Å²) < 4.78 is 14.7. The van der Waals surface area contributed by atoms with Crippen molar-refractivity contribution in [3.8, 4) is 17.0 Å². The van der Waals surface area contributed by atoms with Gasteiger partial charge in [0, 0.05) is 50.0 Å². The second-order valence-corrected chi connectivity index (χ2v) is 9.04. The monoisotopic (exact) mass is 469 g/mol. The van der Waals surface area contributed by atoms with Crippen LogP contribution < -0.4 is 10.6 Å². The molecule has 0 radical (unpaired) electrons. The number of phenolic OH excluding ortho intramolecular Hbond substituents is 1. The summed E-state index contributed by atoms with van der Waals surface area (Å²) in [5.41, 5.74) is 3.06. The molecule has 3 N–H and O–H groups in total. The number of hydrogen-bond acceptors (Lipinski definition) is 6. The fraction of sp³-hybridized carbons (Fsp3) is 0.360. The average Bonchev–Trinajstić information content (AvgIpc) is 2.80. The standard InChI is InChI=1S/C25H29ClFN5O/c1-16-14-32(17(2)13-30-16)15-19-3-5-22(27)20(11-19)23-8-10-29-25(31-23)28-9-7-18-4-6-24(33)21(26)12-18/h3-6,8,10-12,16-17,30,33H,7,9,13-15H2,1-2H3,(H,28,29,31)/t16-,17+/m1/s1. The minimum absolute atomic E-state index is 0.0644. The molecular formula is C25H29ClFN5O. The van der Waals surface area contributed by atoms with Crippen molar-refractivity contribution in [2.45, 2.75) is 38.9 Å². The summed E-state index contributed by atoms with van der Waals surface area (Å²) in [6.07, 6.45) is 2.31. The molecule has 33 heavy (non-hydrogen) atoms. The van der Waals surface area contributed by atoms with E-state index in [0.29, 0.717) is 47.3 Å². The third-order valence-corrected chi connectivity index (χ3v) is 6.25. The van der Waals surface area contributed by atoms with Crippen molar-refractivity contribution in [1.29, 1.82) is 0 Å². The maximum Gasteiger partial charge on any atom is 0.223 e. The molecule has 0 amide bonds. The Morgan fingerprint density at radius 3 is 2.82 bits per heavy atom. The maximum absolute atomic E-state index is 14.7. The lowest BCUT2D eigenvalue weighted by Crippen LogP contribution is -2.53. The van der Waals surface area contributed by atoms with Crippen LogP contribution in [0.4, 0.5) is 10.3 Å². The highest BCUT2D eigenvalue weighted by Crippen LogP contribution is 2.25. The van der Waals surface area contributed by atoms with Crippen LogP contribution in [-0.2, 0) is 13.0 Å². The Balaban J connectivity index is 1.44. The Kier molecular flexibility index (Phi) is 7.42. The minimum atomic E-state index is -0.302. The van der Waals surface area contributed by atoms with E-state index < -0.39 is 0 Å². The zero-order chi connectivity index (χ0) is 23.4. The molecule has 1 fully saturated rings. The molecule has 3 aromatic rings. The van der Waals surface area contributed by atoms with E-state index in [2.05, 4.69) is 39.3 Å². The Morgan fingerprint density at radius 1 is 1.18 bits per heavy atom. The van der Waals surface area contributed by atoms with Crippen molar-refractivity contribution in [2.75, 3.05) is 25.0 Å². The third-order valence-electron chi connectivity index (χ3n) is 5.95. The second kappa shape index (κ2) is 10.5. The molecule has 1 aliphatic rings. The van der Waals surface area contributed by atoms with Gasteiger partial charge in [0.05, 0.1) is 10.7 Å². The van der Waals surface area contributed by atoms with Gasteiger partial charge in [0.2, 0.25) is 5.95 Å². The van der Waals surface area contributed by atoms with Gasteiger partial charge in [-0.1, -0.05) is 23.7 Å². The molecule has 1 aliphatic heterocycles. The van der Waals surface area contributed by atoms with Crippen LogP contribution >= 0.6 is 11.6 Å². The van der Waals surface area contributed by atoms with Crippen LogP contribution in [0.15, 0.2) is 48.7 Å². The average molecular weight is 470 g/mol. The van der Waals surface area contributed by atoms with Gasteiger partial charge in [0.15, 0.2) is 0 Å². The van der Waals surface area contributed by atoms with Crippen LogP contribution in [0.5, 0.6) is 5.75 Å². The minimum Gasteiger partial charge on any atom is -0.506 e. The van der Waals surface area contributed by atoms with Gasteiger partial charge >= 0.3 is 0 Å². The molecule has 2 heterocycles. The first-order valence-corrected chi connectivity index (χ1v) is 11.6. The fourth-order valence-corrected chi connectivity index (χ4v) is 4.24. The number of anilines is 1. The molecule has 6 nitrogen and oxygen atoms in total. The highest BCUT2D eigenvalue weighted by molar-refractivity contribution is 6.32. The maximum atomic E-state index is 14.7. The smallest absolute Gasteiger partial charge is 0.223 e. The summed E-state index contributed by atoms with van der Waals surface area (Å²) in [5, 5.41) is 16.5. The van der Waals surface area contributed by atoms with Gasteiger partial charge in [0.1, 0.15) is 11.6 Å². The summed E-state index contributed by atoms with van der Waals surface area (Å²) in [6.45, 7) is 7.64. The molecule has 174 valence electrons. The second-order valence-electron chi connectivity index (χ2n) is 8.63. The van der Waals surface area contributed by atoms with Crippen molar-refractivity contribution in [3.05, 3.63) is 70.6 Å². The van der Waals surface area contributed by atoms with Crippen molar-refractivity contribution in [2.24, 2.45) is 0 Å². The molecule has 8 heteroatoms. The van der Waals surface area contributed by atoms with Gasteiger partial charge in [0.25, 0.3) is 0 Å². The summed E-state index contributed by atoms with van der Waals surface area (Å²) in [6, 6.07) is 13.0. The van der Waals surface area contributed by atoms with E-state index in [1.165, 1.54) is 6.07 Å². The van der Waals surface area contributed by atoms with Gasteiger partial charge in [-0.25, -0.2) is 14.4 Å². The molecule has 2 aromatic carbocycles. The van der Waals surface area contributed by atoms with Crippen LogP contribution in [0.2, 0.25) is 5.02 Å². The number of benzene rings is 2. The van der Waals surface area contributed by atoms with E-state index in [1.54, 1.807) is 24.4 Å². The molecule has 0 unspecified atom stereocenters. The molecule has 0 saturated carbocycles. The van der Waals surface area contributed by atoms with Crippen molar-refractivity contribution in [3.63, 3.8) is 0 Å². The molecule has 0 bridgehead atoms. The first-order chi connectivity index (χ1) is 15.9. The third kappa shape index (κ3) is 5.99. The van der Waals surface area contributed by atoms with E-state index >= 15 is 0 Å². The molecule has 4 rings (SSSR count). The van der Waals surface area contributed by atoms with Crippen molar-refractivity contribution < 1.29 is 9.50 Å².